The van der Waals surface area contributed by atoms with Crippen LogP contribution in [0.3, 0.4) is 0 Å². The third-order valence-electron chi connectivity index (χ3n) is 3.84. The van der Waals surface area contributed by atoms with Crippen LogP contribution in [-0.2, 0) is 17.5 Å². The molecule has 1 N–H and O–H groups in total. The van der Waals surface area contributed by atoms with Gasteiger partial charge >= 0.3 is 6.18 Å². The SMILES string of the molecule is O=C(Cn1cnc2ccccc2c1=O)NCC#Cc1cccc(C(F)(F)F)c1. The molecule has 142 valence electrons. The largest absolute Gasteiger partial charge is 0.416 e. The van der Waals surface area contributed by atoms with Gasteiger partial charge in [-0.05, 0) is 30.3 Å². The van der Waals surface area contributed by atoms with Crippen LogP contribution >= 0.6 is 0 Å². The summed E-state index contributed by atoms with van der Waals surface area (Å²) < 4.78 is 39.2. The highest BCUT2D eigenvalue weighted by Gasteiger charge is 2.30. The van der Waals surface area contributed by atoms with Gasteiger partial charge in [0.15, 0.2) is 0 Å². The van der Waals surface area contributed by atoms with Crippen LogP contribution in [0.2, 0.25) is 0 Å². The van der Waals surface area contributed by atoms with E-state index >= 15 is 0 Å². The second-order valence-electron chi connectivity index (χ2n) is 5.85. The summed E-state index contributed by atoms with van der Waals surface area (Å²) in [7, 11) is 0. The Balaban J connectivity index is 1.61. The van der Waals surface area contributed by atoms with E-state index in [4.69, 9.17) is 0 Å². The Labute approximate surface area is 157 Å². The molecule has 0 saturated heterocycles. The standard InChI is InChI=1S/C20H14F3N3O2/c21-20(22,23)15-7-3-5-14(11-15)6-4-10-24-18(27)12-26-13-25-17-9-2-1-8-16(17)19(26)28/h1-3,5,7-9,11,13H,10,12H2,(H,24,27). The number of nitrogens with one attached hydrogen (secondary N) is 1. The van der Waals surface area contributed by atoms with Crippen molar-refractivity contribution in [3.8, 4) is 11.8 Å². The molecule has 3 rings (SSSR count). The van der Waals surface area contributed by atoms with Gasteiger partial charge in [-0.2, -0.15) is 13.2 Å². The van der Waals surface area contributed by atoms with Crippen LogP contribution in [0.25, 0.3) is 10.9 Å². The smallest absolute Gasteiger partial charge is 0.344 e. The molecule has 0 atom stereocenters. The number of amides is 1. The summed E-state index contributed by atoms with van der Waals surface area (Å²) in [6, 6.07) is 11.4. The van der Waals surface area contributed by atoms with E-state index < -0.39 is 17.6 Å². The molecule has 0 saturated carbocycles. The quantitative estimate of drug-likeness (QED) is 0.705. The third-order valence-corrected chi connectivity index (χ3v) is 3.84. The molecule has 1 aromatic heterocycles. The van der Waals surface area contributed by atoms with Crippen molar-refractivity contribution in [3.05, 3.63) is 76.3 Å². The number of nitrogens with zero attached hydrogens (tertiary/aromatic N) is 2. The van der Waals surface area contributed by atoms with Crippen LogP contribution in [0.15, 0.2) is 59.7 Å². The Bertz CT molecular complexity index is 1140. The summed E-state index contributed by atoms with van der Waals surface area (Å²) in [5.41, 5.74) is -0.391. The fraction of sp³-hybridized carbons (Fsp3) is 0.150. The lowest BCUT2D eigenvalue weighted by molar-refractivity contribution is -0.137. The minimum Gasteiger partial charge on any atom is -0.344 e. The second-order valence-corrected chi connectivity index (χ2v) is 5.85. The van der Waals surface area contributed by atoms with Gasteiger partial charge in [-0.25, -0.2) is 4.98 Å². The van der Waals surface area contributed by atoms with Gasteiger partial charge in [0.25, 0.3) is 5.56 Å². The van der Waals surface area contributed by atoms with Gasteiger partial charge in [-0.15, -0.1) is 0 Å². The molecular weight excluding hydrogens is 371 g/mol. The number of hydrogen-bond donors (Lipinski definition) is 1. The number of hydrogen-bond acceptors (Lipinski definition) is 3. The van der Waals surface area contributed by atoms with E-state index in [0.29, 0.717) is 10.9 Å². The van der Waals surface area contributed by atoms with Crippen molar-refractivity contribution in [3.63, 3.8) is 0 Å². The van der Waals surface area contributed by atoms with Gasteiger partial charge in [-0.3, -0.25) is 14.2 Å². The van der Waals surface area contributed by atoms with E-state index in [2.05, 4.69) is 22.1 Å². The van der Waals surface area contributed by atoms with E-state index in [1.165, 1.54) is 23.0 Å². The van der Waals surface area contributed by atoms with Gasteiger partial charge in [0, 0.05) is 5.56 Å². The molecule has 0 aliphatic carbocycles. The Kier molecular flexibility index (Phi) is 5.45. The minimum absolute atomic E-state index is 0.0646. The summed E-state index contributed by atoms with van der Waals surface area (Å²) in [5, 5.41) is 2.90. The molecule has 28 heavy (non-hydrogen) atoms. The molecule has 8 heteroatoms. The van der Waals surface area contributed by atoms with Gasteiger partial charge in [0.2, 0.25) is 5.91 Å². The summed E-state index contributed by atoms with van der Waals surface area (Å²) in [6.45, 7) is -0.299. The average molecular weight is 385 g/mol. The topological polar surface area (TPSA) is 64.0 Å². The maximum atomic E-state index is 12.7. The first-order valence-electron chi connectivity index (χ1n) is 8.21. The highest BCUT2D eigenvalue weighted by Crippen LogP contribution is 2.29. The molecular formula is C20H14F3N3O2. The lowest BCUT2D eigenvalue weighted by Gasteiger charge is -2.06. The number of carbonyl (C=O) groups is 1. The normalized spacial score (nSPS) is 11.0. The zero-order valence-corrected chi connectivity index (χ0v) is 14.5. The number of halogens is 3. The minimum atomic E-state index is -4.44. The van der Waals surface area contributed by atoms with Gasteiger partial charge in [0.1, 0.15) is 6.54 Å². The van der Waals surface area contributed by atoms with Crippen molar-refractivity contribution in [2.24, 2.45) is 0 Å². The first kappa shape index (κ1) is 19.2. The van der Waals surface area contributed by atoms with Crippen molar-refractivity contribution < 1.29 is 18.0 Å². The highest BCUT2D eigenvalue weighted by atomic mass is 19.4. The van der Waals surface area contributed by atoms with Crippen LogP contribution < -0.4 is 10.9 Å². The molecule has 0 spiro atoms. The number of rotatable bonds is 3. The molecule has 2 aromatic carbocycles. The Hall–Kier alpha value is -3.60. The van der Waals surface area contributed by atoms with E-state index in [0.717, 1.165) is 12.1 Å². The zero-order chi connectivity index (χ0) is 20.1. The molecule has 0 fully saturated rings. The summed E-state index contributed by atoms with van der Waals surface area (Å²) in [5.74, 6) is 4.69. The van der Waals surface area contributed by atoms with E-state index in [1.807, 2.05) is 0 Å². The molecule has 1 heterocycles. The highest BCUT2D eigenvalue weighted by molar-refractivity contribution is 5.79. The first-order chi connectivity index (χ1) is 13.3. The lowest BCUT2D eigenvalue weighted by Crippen LogP contribution is -2.32. The Morgan fingerprint density at radius 2 is 1.93 bits per heavy atom. The van der Waals surface area contributed by atoms with E-state index in [-0.39, 0.29) is 24.2 Å². The first-order valence-corrected chi connectivity index (χ1v) is 8.21. The number of alkyl halides is 3. The summed E-state index contributed by atoms with van der Waals surface area (Å²) in [4.78, 5) is 28.4. The number of para-hydroxylation sites is 1. The molecule has 3 aromatic rings. The maximum Gasteiger partial charge on any atom is 0.416 e. The molecule has 0 aliphatic rings. The molecule has 0 aliphatic heterocycles. The van der Waals surface area contributed by atoms with Crippen LogP contribution in [0.1, 0.15) is 11.1 Å². The molecule has 0 radical (unpaired) electrons. The molecule has 1 amide bonds. The lowest BCUT2D eigenvalue weighted by atomic mass is 10.1. The summed E-state index contributed by atoms with van der Waals surface area (Å²) in [6.07, 6.45) is -3.15. The predicted octanol–water partition coefficient (Wildman–Crippen LogP) is 2.58. The van der Waals surface area contributed by atoms with Crippen molar-refractivity contribution in [2.45, 2.75) is 12.7 Å². The van der Waals surface area contributed by atoms with Crippen molar-refractivity contribution >= 4 is 16.8 Å². The maximum absolute atomic E-state index is 12.7. The molecule has 0 unspecified atom stereocenters. The summed E-state index contributed by atoms with van der Waals surface area (Å²) >= 11 is 0. The number of benzene rings is 2. The Morgan fingerprint density at radius 1 is 1.14 bits per heavy atom. The average Bonchev–Trinajstić information content (AvgIpc) is 2.67. The monoisotopic (exact) mass is 385 g/mol. The predicted molar refractivity (Wildman–Crippen MR) is 97.3 cm³/mol. The third kappa shape index (κ3) is 4.57. The van der Waals surface area contributed by atoms with Gasteiger partial charge < -0.3 is 5.32 Å². The molecule has 0 bridgehead atoms. The second kappa shape index (κ2) is 7.96. The van der Waals surface area contributed by atoms with E-state index in [1.54, 1.807) is 24.3 Å². The van der Waals surface area contributed by atoms with Crippen LogP contribution in [0.5, 0.6) is 0 Å². The van der Waals surface area contributed by atoms with Crippen LogP contribution in [0.4, 0.5) is 13.2 Å². The fourth-order valence-electron chi connectivity index (χ4n) is 2.49. The van der Waals surface area contributed by atoms with Gasteiger partial charge in [-0.1, -0.05) is 30.0 Å². The Morgan fingerprint density at radius 3 is 2.71 bits per heavy atom. The zero-order valence-electron chi connectivity index (χ0n) is 14.5. The fourth-order valence-corrected chi connectivity index (χ4v) is 2.49. The van der Waals surface area contributed by atoms with Crippen molar-refractivity contribution in [1.29, 1.82) is 0 Å². The molecule has 5 nitrogen and oxygen atoms in total. The van der Waals surface area contributed by atoms with Gasteiger partial charge in [0.05, 0.1) is 29.3 Å². The number of fused-ring (bicyclic) bond motifs is 1. The van der Waals surface area contributed by atoms with E-state index in [9.17, 15) is 22.8 Å². The van der Waals surface area contributed by atoms with Crippen molar-refractivity contribution in [2.75, 3.05) is 6.54 Å². The number of carbonyl (C=O) groups excluding carboxylic acids is 1. The number of aromatic nitrogens is 2. The van der Waals surface area contributed by atoms with Crippen molar-refractivity contribution in [1.82, 2.24) is 14.9 Å². The van der Waals surface area contributed by atoms with Crippen LogP contribution in [0, 0.1) is 11.8 Å². The van der Waals surface area contributed by atoms with Crippen LogP contribution in [-0.4, -0.2) is 22.0 Å².